The minimum absolute atomic E-state index is 0. The van der Waals surface area contributed by atoms with Crippen molar-refractivity contribution in [2.75, 3.05) is 13.6 Å². The summed E-state index contributed by atoms with van der Waals surface area (Å²) in [4.78, 5) is 0. The first kappa shape index (κ1) is 12.1. The van der Waals surface area contributed by atoms with Crippen LogP contribution in [0.1, 0.15) is 34.5 Å². The quantitative estimate of drug-likeness (QED) is 0.594. The summed E-state index contributed by atoms with van der Waals surface area (Å²) in [6, 6.07) is 0. The summed E-state index contributed by atoms with van der Waals surface area (Å²) < 4.78 is 0. The molecule has 0 saturated carbocycles. The molecule has 0 aliphatic rings. The van der Waals surface area contributed by atoms with Crippen molar-refractivity contribution in [1.29, 1.82) is 0 Å². The third kappa shape index (κ3) is 4.61. The number of rotatable bonds is 7. The molecular formula is C11H24N2. The Balaban J connectivity index is 0. The zero-order valence-corrected chi connectivity index (χ0v) is 9.11. The van der Waals surface area contributed by atoms with Crippen molar-refractivity contribution >= 4 is 0 Å². The fraction of sp³-hybridized carbons (Fsp3) is 0.636. The van der Waals surface area contributed by atoms with Crippen molar-refractivity contribution in [2.24, 2.45) is 0 Å². The summed E-state index contributed by atoms with van der Waals surface area (Å²) in [5, 5.41) is 6.56. The Morgan fingerprint density at radius 1 is 1.38 bits per heavy atom. The Morgan fingerprint density at radius 3 is 2.46 bits per heavy atom. The zero-order valence-electron chi connectivity index (χ0n) is 9.11. The molecule has 0 saturated heterocycles. The van der Waals surface area contributed by atoms with Crippen LogP contribution in [-0.4, -0.2) is 13.6 Å². The highest BCUT2D eigenvalue weighted by Crippen LogP contribution is 2.06. The summed E-state index contributed by atoms with van der Waals surface area (Å²) in [5.74, 6) is 0. The maximum atomic E-state index is 3.80. The van der Waals surface area contributed by atoms with Crippen molar-refractivity contribution in [3.63, 3.8) is 0 Å². The molecule has 2 N–H and O–H groups in total. The van der Waals surface area contributed by atoms with Gasteiger partial charge in [0.05, 0.1) is 5.70 Å². The van der Waals surface area contributed by atoms with E-state index in [9.17, 15) is 0 Å². The van der Waals surface area contributed by atoms with Crippen LogP contribution in [0.4, 0.5) is 0 Å². The highest BCUT2D eigenvalue weighted by atomic mass is 14.9. The first-order chi connectivity index (χ1) is 6.29. The van der Waals surface area contributed by atoms with Crippen LogP contribution in [0.2, 0.25) is 0 Å². The van der Waals surface area contributed by atoms with Crippen molar-refractivity contribution in [3.05, 3.63) is 24.0 Å². The molecule has 0 aromatic rings. The Hall–Kier alpha value is -0.920. The maximum absolute atomic E-state index is 3.80. The van der Waals surface area contributed by atoms with Gasteiger partial charge in [-0.25, -0.2) is 0 Å². The molecule has 0 amide bonds. The van der Waals surface area contributed by atoms with E-state index in [1.54, 1.807) is 0 Å². The van der Waals surface area contributed by atoms with E-state index in [0.29, 0.717) is 0 Å². The van der Waals surface area contributed by atoms with Crippen LogP contribution in [0.15, 0.2) is 24.0 Å². The van der Waals surface area contributed by atoms with Gasteiger partial charge in [0.2, 0.25) is 0 Å². The Kier molecular flexibility index (Phi) is 7.17. The summed E-state index contributed by atoms with van der Waals surface area (Å²) >= 11 is 0. The normalized spacial score (nSPS) is 11.9. The lowest BCUT2D eigenvalue weighted by Gasteiger charge is -2.13. The molecule has 0 aromatic carbocycles. The molecule has 0 fully saturated rings. The molecule has 13 heavy (non-hydrogen) atoms. The van der Waals surface area contributed by atoms with Gasteiger partial charge >= 0.3 is 0 Å². The van der Waals surface area contributed by atoms with E-state index in [4.69, 9.17) is 0 Å². The van der Waals surface area contributed by atoms with Gasteiger partial charge in [0.25, 0.3) is 0 Å². The van der Waals surface area contributed by atoms with E-state index >= 15 is 0 Å². The van der Waals surface area contributed by atoms with E-state index < -0.39 is 0 Å². The summed E-state index contributed by atoms with van der Waals surface area (Å²) in [6.07, 6.45) is 5.26. The average molecular weight is 184 g/mol. The molecule has 0 rings (SSSR count). The second-order valence-electron chi connectivity index (χ2n) is 3.02. The van der Waals surface area contributed by atoms with Gasteiger partial charge in [-0.3, -0.25) is 0 Å². The summed E-state index contributed by atoms with van der Waals surface area (Å²) in [5.41, 5.74) is 2.40. The van der Waals surface area contributed by atoms with Crippen LogP contribution in [0.3, 0.4) is 0 Å². The third-order valence-electron chi connectivity index (χ3n) is 1.90. The highest BCUT2D eigenvalue weighted by Gasteiger charge is 1.99. The Labute approximate surface area is 83.6 Å². The van der Waals surface area contributed by atoms with E-state index in [1.807, 2.05) is 13.1 Å². The minimum Gasteiger partial charge on any atom is -0.390 e. The van der Waals surface area contributed by atoms with Crippen molar-refractivity contribution in [2.45, 2.75) is 33.1 Å². The topological polar surface area (TPSA) is 24.1 Å². The number of allylic oxidation sites excluding steroid dienone is 2. The van der Waals surface area contributed by atoms with Gasteiger partial charge in [0.15, 0.2) is 0 Å². The van der Waals surface area contributed by atoms with E-state index in [1.165, 1.54) is 5.70 Å². The molecule has 0 unspecified atom stereocenters. The van der Waals surface area contributed by atoms with Crippen LogP contribution < -0.4 is 10.6 Å². The molecule has 0 spiro atoms. The predicted octanol–water partition coefficient (Wildman–Crippen LogP) is 2.65. The Morgan fingerprint density at radius 2 is 2.08 bits per heavy atom. The molecule has 0 aliphatic carbocycles. The molecular weight excluding hydrogens is 160 g/mol. The molecule has 0 radical (unpaired) electrons. The largest absolute Gasteiger partial charge is 0.390 e. The molecule has 0 aromatic heterocycles. The monoisotopic (exact) mass is 184 g/mol. The van der Waals surface area contributed by atoms with Crippen LogP contribution in [0, 0.1) is 0 Å². The number of hydrogen-bond acceptors (Lipinski definition) is 2. The standard InChI is InChI=1S/C11H22N2.H2/c1-5-8-11(12-4)10(7-3)13-9-6-2;/h7,12-13H,3,5-6,8-9H2,1-2,4H3;1H/b11-10-;. The van der Waals surface area contributed by atoms with E-state index in [2.05, 4.69) is 31.1 Å². The second-order valence-corrected chi connectivity index (χ2v) is 3.02. The molecule has 0 heterocycles. The minimum atomic E-state index is 0. The highest BCUT2D eigenvalue weighted by molar-refractivity contribution is 5.21. The average Bonchev–Trinajstić information content (AvgIpc) is 2.17. The lowest BCUT2D eigenvalue weighted by Crippen LogP contribution is -2.19. The second kappa shape index (κ2) is 7.71. The van der Waals surface area contributed by atoms with Gasteiger partial charge in [-0.15, -0.1) is 0 Å². The van der Waals surface area contributed by atoms with Crippen LogP contribution >= 0.6 is 0 Å². The number of nitrogens with one attached hydrogen (secondary N) is 2. The fourth-order valence-electron chi connectivity index (χ4n) is 1.21. The molecule has 0 aliphatic heterocycles. The molecule has 2 heteroatoms. The first-order valence-electron chi connectivity index (χ1n) is 5.07. The molecule has 2 nitrogen and oxygen atoms in total. The molecule has 0 atom stereocenters. The zero-order chi connectivity index (χ0) is 10.1. The third-order valence-corrected chi connectivity index (χ3v) is 1.90. The van der Waals surface area contributed by atoms with Crippen molar-refractivity contribution in [3.8, 4) is 0 Å². The summed E-state index contributed by atoms with van der Waals surface area (Å²) in [6.45, 7) is 9.15. The van der Waals surface area contributed by atoms with Crippen LogP contribution in [0.25, 0.3) is 0 Å². The maximum Gasteiger partial charge on any atom is 0.0526 e. The van der Waals surface area contributed by atoms with Crippen molar-refractivity contribution < 1.29 is 1.43 Å². The fourth-order valence-corrected chi connectivity index (χ4v) is 1.21. The van der Waals surface area contributed by atoms with Crippen LogP contribution in [0.5, 0.6) is 0 Å². The molecule has 0 bridgehead atoms. The Bertz CT molecular complexity index is 176. The molecule has 78 valence electrons. The van der Waals surface area contributed by atoms with Gasteiger partial charge in [-0.05, 0) is 18.9 Å². The smallest absolute Gasteiger partial charge is 0.0526 e. The lowest BCUT2D eigenvalue weighted by atomic mass is 10.2. The first-order valence-corrected chi connectivity index (χ1v) is 5.07. The van der Waals surface area contributed by atoms with Gasteiger partial charge < -0.3 is 10.6 Å². The van der Waals surface area contributed by atoms with E-state index in [0.717, 1.165) is 31.5 Å². The SMILES string of the molecule is C=C/C(NCCC)=C(\CCC)NC.[HH]. The van der Waals surface area contributed by atoms with Gasteiger partial charge in [-0.1, -0.05) is 26.8 Å². The van der Waals surface area contributed by atoms with Gasteiger partial charge in [0, 0.05) is 20.7 Å². The summed E-state index contributed by atoms with van der Waals surface area (Å²) in [7, 11) is 1.96. The lowest BCUT2D eigenvalue weighted by molar-refractivity contribution is 0.731. The van der Waals surface area contributed by atoms with Crippen molar-refractivity contribution in [1.82, 2.24) is 10.6 Å². The number of hydrogen-bond donors (Lipinski definition) is 2. The van der Waals surface area contributed by atoms with Gasteiger partial charge in [0.1, 0.15) is 0 Å². The van der Waals surface area contributed by atoms with Crippen LogP contribution in [-0.2, 0) is 0 Å². The van der Waals surface area contributed by atoms with Gasteiger partial charge in [-0.2, -0.15) is 0 Å². The predicted molar refractivity (Wildman–Crippen MR) is 61.6 cm³/mol. The van der Waals surface area contributed by atoms with E-state index in [-0.39, 0.29) is 1.43 Å².